The molecule has 132 valence electrons. The lowest BCUT2D eigenvalue weighted by Crippen LogP contribution is -2.50. The number of hydrogen-bond donors (Lipinski definition) is 0. The molecule has 0 aromatic heterocycles. The number of carbonyl (C=O) groups excluding carboxylic acids is 1. The van der Waals surface area contributed by atoms with E-state index in [1.165, 1.54) is 58.2 Å². The number of likely N-dealkylation sites (tertiary alicyclic amines) is 1. The van der Waals surface area contributed by atoms with Crippen LogP contribution in [0.25, 0.3) is 0 Å². The minimum atomic E-state index is 0.342. The molecule has 0 bridgehead atoms. The lowest BCUT2D eigenvalue weighted by Gasteiger charge is -2.38. The fraction of sp³-hybridized carbons (Fsp3) is 0.947. The minimum absolute atomic E-state index is 0.342. The van der Waals surface area contributed by atoms with E-state index in [0.717, 1.165) is 44.9 Å². The fourth-order valence-electron chi connectivity index (χ4n) is 4.52. The molecule has 2 heterocycles. The van der Waals surface area contributed by atoms with Gasteiger partial charge in [-0.3, -0.25) is 9.69 Å². The van der Waals surface area contributed by atoms with E-state index in [0.29, 0.717) is 11.8 Å². The van der Waals surface area contributed by atoms with Crippen molar-refractivity contribution in [3.63, 3.8) is 0 Å². The zero-order chi connectivity index (χ0) is 16.1. The van der Waals surface area contributed by atoms with Crippen LogP contribution in [-0.2, 0) is 4.79 Å². The molecule has 23 heavy (non-hydrogen) atoms. The molecular formula is C19H35N3O. The zero-order valence-corrected chi connectivity index (χ0v) is 15.0. The van der Waals surface area contributed by atoms with Gasteiger partial charge in [-0.05, 0) is 64.7 Å². The number of amides is 1. The number of nitrogens with zero attached hydrogens (tertiary/aromatic N) is 3. The fourth-order valence-corrected chi connectivity index (χ4v) is 4.52. The van der Waals surface area contributed by atoms with Crippen molar-refractivity contribution in [3.05, 3.63) is 0 Å². The molecule has 1 saturated carbocycles. The molecule has 1 aliphatic carbocycles. The van der Waals surface area contributed by atoms with Crippen molar-refractivity contribution in [3.8, 4) is 0 Å². The van der Waals surface area contributed by atoms with Crippen LogP contribution in [-0.4, -0.2) is 73.5 Å². The summed E-state index contributed by atoms with van der Waals surface area (Å²) in [6, 6.07) is 0. The topological polar surface area (TPSA) is 26.8 Å². The van der Waals surface area contributed by atoms with Crippen molar-refractivity contribution < 1.29 is 4.79 Å². The number of hydrogen-bond acceptors (Lipinski definition) is 3. The molecule has 3 rings (SSSR count). The van der Waals surface area contributed by atoms with Crippen LogP contribution >= 0.6 is 0 Å². The Morgan fingerprint density at radius 3 is 2.17 bits per heavy atom. The smallest absolute Gasteiger partial charge is 0.225 e. The first kappa shape index (κ1) is 17.2. The van der Waals surface area contributed by atoms with E-state index in [9.17, 15) is 4.79 Å². The summed E-state index contributed by atoms with van der Waals surface area (Å²) in [5.41, 5.74) is 0. The van der Waals surface area contributed by atoms with Gasteiger partial charge >= 0.3 is 0 Å². The highest BCUT2D eigenvalue weighted by Gasteiger charge is 2.28. The third kappa shape index (κ3) is 4.93. The number of piperidine rings is 1. The quantitative estimate of drug-likeness (QED) is 0.796. The summed E-state index contributed by atoms with van der Waals surface area (Å²) in [7, 11) is 2.23. The highest BCUT2D eigenvalue weighted by Crippen LogP contribution is 2.26. The predicted molar refractivity (Wildman–Crippen MR) is 94.4 cm³/mol. The predicted octanol–water partition coefficient (Wildman–Crippen LogP) is 2.44. The molecule has 0 radical (unpaired) electrons. The average Bonchev–Trinajstić information content (AvgIpc) is 2.62. The Hall–Kier alpha value is -0.610. The Kier molecular flexibility index (Phi) is 6.35. The maximum absolute atomic E-state index is 12.6. The normalized spacial score (nSPS) is 26.6. The first-order chi connectivity index (χ1) is 11.2. The van der Waals surface area contributed by atoms with Crippen LogP contribution in [0.4, 0.5) is 0 Å². The Labute approximate surface area is 142 Å². The summed E-state index contributed by atoms with van der Waals surface area (Å²) in [5.74, 6) is 1.72. The van der Waals surface area contributed by atoms with Gasteiger partial charge in [0.05, 0.1) is 0 Å². The third-order valence-electron chi connectivity index (χ3n) is 6.33. The number of carbonyl (C=O) groups is 1. The second-order valence-electron chi connectivity index (χ2n) is 8.04. The molecule has 0 atom stereocenters. The van der Waals surface area contributed by atoms with Crippen molar-refractivity contribution in [2.24, 2.45) is 11.8 Å². The van der Waals surface area contributed by atoms with Crippen LogP contribution in [0.2, 0.25) is 0 Å². The molecule has 4 nitrogen and oxygen atoms in total. The largest absolute Gasteiger partial charge is 0.340 e. The number of piperazine rings is 1. The van der Waals surface area contributed by atoms with Gasteiger partial charge in [-0.15, -0.1) is 0 Å². The van der Waals surface area contributed by atoms with Gasteiger partial charge in [-0.25, -0.2) is 0 Å². The highest BCUT2D eigenvalue weighted by atomic mass is 16.2. The molecule has 2 saturated heterocycles. The van der Waals surface area contributed by atoms with E-state index in [1.807, 2.05) is 0 Å². The van der Waals surface area contributed by atoms with Gasteiger partial charge in [-0.2, -0.15) is 0 Å². The van der Waals surface area contributed by atoms with Crippen molar-refractivity contribution in [2.75, 3.05) is 52.9 Å². The van der Waals surface area contributed by atoms with Gasteiger partial charge in [-0.1, -0.05) is 19.3 Å². The van der Waals surface area contributed by atoms with E-state index in [-0.39, 0.29) is 0 Å². The molecule has 0 aromatic rings. The lowest BCUT2D eigenvalue weighted by molar-refractivity contribution is -0.138. The van der Waals surface area contributed by atoms with Crippen LogP contribution in [0.3, 0.4) is 0 Å². The molecule has 2 aliphatic heterocycles. The molecule has 3 aliphatic rings. The molecule has 0 aromatic carbocycles. The summed E-state index contributed by atoms with van der Waals surface area (Å²) < 4.78 is 0. The summed E-state index contributed by atoms with van der Waals surface area (Å²) in [6.45, 7) is 7.88. The third-order valence-corrected chi connectivity index (χ3v) is 6.33. The van der Waals surface area contributed by atoms with Crippen molar-refractivity contribution in [1.29, 1.82) is 0 Å². The molecule has 4 heteroatoms. The Morgan fingerprint density at radius 1 is 0.870 bits per heavy atom. The average molecular weight is 322 g/mol. The molecule has 0 N–H and O–H groups in total. The minimum Gasteiger partial charge on any atom is -0.340 e. The second-order valence-corrected chi connectivity index (χ2v) is 8.04. The monoisotopic (exact) mass is 321 g/mol. The molecular weight excluding hydrogens is 286 g/mol. The molecule has 1 amide bonds. The van der Waals surface area contributed by atoms with Gasteiger partial charge in [0.15, 0.2) is 0 Å². The Balaban J connectivity index is 1.34. The maximum atomic E-state index is 12.6. The van der Waals surface area contributed by atoms with Crippen molar-refractivity contribution >= 4 is 5.91 Å². The van der Waals surface area contributed by atoms with E-state index in [4.69, 9.17) is 0 Å². The van der Waals surface area contributed by atoms with E-state index in [1.54, 1.807) is 0 Å². The molecule has 0 unspecified atom stereocenters. The highest BCUT2D eigenvalue weighted by molar-refractivity contribution is 5.79. The van der Waals surface area contributed by atoms with Crippen molar-refractivity contribution in [2.45, 2.75) is 51.4 Å². The standard InChI is InChI=1S/C19H35N3O/c1-20-10-7-17(8-11-20)9-12-21-13-15-22(16-14-21)19(23)18-5-3-2-4-6-18/h17-18H,2-16H2,1H3. The van der Waals surface area contributed by atoms with Gasteiger partial charge in [0.25, 0.3) is 0 Å². The van der Waals surface area contributed by atoms with Crippen molar-refractivity contribution in [1.82, 2.24) is 14.7 Å². The molecule has 3 fully saturated rings. The van der Waals surface area contributed by atoms with Gasteiger partial charge in [0, 0.05) is 32.1 Å². The van der Waals surface area contributed by atoms with Crippen LogP contribution in [0.1, 0.15) is 51.4 Å². The van der Waals surface area contributed by atoms with Crippen LogP contribution in [0.15, 0.2) is 0 Å². The summed E-state index contributed by atoms with van der Waals surface area (Å²) in [4.78, 5) is 19.8. The van der Waals surface area contributed by atoms with E-state index < -0.39 is 0 Å². The SMILES string of the molecule is CN1CCC(CCN2CCN(C(=O)C3CCCCC3)CC2)CC1. The Bertz CT molecular complexity index is 365. The van der Waals surface area contributed by atoms with Crippen LogP contribution in [0, 0.1) is 11.8 Å². The van der Waals surface area contributed by atoms with Gasteiger partial charge < -0.3 is 9.80 Å². The first-order valence-corrected chi connectivity index (χ1v) is 9.92. The maximum Gasteiger partial charge on any atom is 0.225 e. The van der Waals surface area contributed by atoms with E-state index >= 15 is 0 Å². The zero-order valence-electron chi connectivity index (χ0n) is 15.0. The molecule has 0 spiro atoms. The Morgan fingerprint density at radius 2 is 1.52 bits per heavy atom. The first-order valence-electron chi connectivity index (χ1n) is 9.92. The second kappa shape index (κ2) is 8.48. The lowest BCUT2D eigenvalue weighted by atomic mass is 9.88. The van der Waals surface area contributed by atoms with Crippen LogP contribution in [0.5, 0.6) is 0 Å². The summed E-state index contributed by atoms with van der Waals surface area (Å²) in [5, 5.41) is 0. The van der Waals surface area contributed by atoms with Gasteiger partial charge in [0.2, 0.25) is 5.91 Å². The number of rotatable bonds is 4. The van der Waals surface area contributed by atoms with E-state index in [2.05, 4.69) is 21.7 Å². The summed E-state index contributed by atoms with van der Waals surface area (Å²) in [6.07, 6.45) is 10.2. The van der Waals surface area contributed by atoms with Crippen LogP contribution < -0.4 is 0 Å². The summed E-state index contributed by atoms with van der Waals surface area (Å²) >= 11 is 0. The van der Waals surface area contributed by atoms with Gasteiger partial charge in [0.1, 0.15) is 0 Å².